The van der Waals surface area contributed by atoms with E-state index < -0.39 is 24.3 Å². The zero-order valence-electron chi connectivity index (χ0n) is 13.3. The van der Waals surface area contributed by atoms with Gasteiger partial charge in [-0.15, -0.1) is 0 Å². The first-order chi connectivity index (χ1) is 11.5. The molecule has 1 heterocycles. The van der Waals surface area contributed by atoms with E-state index in [0.717, 1.165) is 0 Å². The van der Waals surface area contributed by atoms with Gasteiger partial charge in [-0.2, -0.15) is 5.26 Å². The van der Waals surface area contributed by atoms with Gasteiger partial charge in [0, 0.05) is 5.71 Å². The molecule has 1 aliphatic heterocycles. The second-order valence-corrected chi connectivity index (χ2v) is 4.99. The van der Waals surface area contributed by atoms with Gasteiger partial charge < -0.3 is 24.4 Å². The first-order valence-corrected chi connectivity index (χ1v) is 7.10. The first-order valence-electron chi connectivity index (χ1n) is 7.10. The number of nitriles is 1. The summed E-state index contributed by atoms with van der Waals surface area (Å²) in [5.41, 5.74) is 0.0310. The molecule has 1 aromatic rings. The Labute approximate surface area is 138 Å². The molecule has 0 aromatic heterocycles. The van der Waals surface area contributed by atoms with Crippen LogP contribution >= 0.6 is 0 Å². The zero-order chi connectivity index (χ0) is 17.7. The van der Waals surface area contributed by atoms with Gasteiger partial charge in [0.15, 0.2) is 23.9 Å². The van der Waals surface area contributed by atoms with E-state index in [2.05, 4.69) is 0 Å². The molecule has 1 unspecified atom stereocenters. The summed E-state index contributed by atoms with van der Waals surface area (Å²) in [5.74, 6) is -1.56. The van der Waals surface area contributed by atoms with Crippen molar-refractivity contribution in [1.82, 2.24) is 0 Å². The van der Waals surface area contributed by atoms with E-state index in [9.17, 15) is 9.59 Å². The number of hydrogen-bond donors (Lipinski definition) is 1. The van der Waals surface area contributed by atoms with Crippen molar-refractivity contribution in [2.24, 2.45) is 5.92 Å². The highest BCUT2D eigenvalue weighted by atomic mass is 16.6. The quantitative estimate of drug-likeness (QED) is 0.617. The van der Waals surface area contributed by atoms with Gasteiger partial charge in [0.2, 0.25) is 5.75 Å². The van der Waals surface area contributed by atoms with Crippen LogP contribution in [-0.2, 0) is 9.53 Å². The predicted molar refractivity (Wildman–Crippen MR) is 81.8 cm³/mol. The normalized spacial score (nSPS) is 13.4. The number of carbonyl (C=O) groups is 2. The fourth-order valence-electron chi connectivity index (χ4n) is 2.10. The molecule has 0 fully saturated rings. The van der Waals surface area contributed by atoms with E-state index in [1.807, 2.05) is 0 Å². The highest BCUT2D eigenvalue weighted by molar-refractivity contribution is 6.06. The number of nitrogens with one attached hydrogen (secondary N) is 1. The van der Waals surface area contributed by atoms with Crippen LogP contribution in [0, 0.1) is 22.7 Å². The van der Waals surface area contributed by atoms with Crippen molar-refractivity contribution in [2.75, 3.05) is 26.9 Å². The number of fused-ring (bicyclic) bond motifs is 1. The summed E-state index contributed by atoms with van der Waals surface area (Å²) in [4.78, 5) is 23.9. The number of esters is 1. The average Bonchev–Trinajstić information content (AvgIpc) is 2.58. The minimum absolute atomic E-state index is 0.0976. The lowest BCUT2D eigenvalue weighted by Crippen LogP contribution is -2.25. The van der Waals surface area contributed by atoms with E-state index in [1.54, 1.807) is 6.07 Å². The summed E-state index contributed by atoms with van der Waals surface area (Å²) >= 11 is 0. The molecule has 1 aromatic carbocycles. The number of rotatable bonds is 6. The van der Waals surface area contributed by atoms with Crippen molar-refractivity contribution in [3.8, 4) is 23.3 Å². The maximum atomic E-state index is 12.1. The first kappa shape index (κ1) is 17.3. The van der Waals surface area contributed by atoms with Crippen LogP contribution in [0.1, 0.15) is 17.3 Å². The van der Waals surface area contributed by atoms with Crippen molar-refractivity contribution in [1.29, 1.82) is 10.7 Å². The molecule has 2 rings (SSSR count). The monoisotopic (exact) mass is 332 g/mol. The topological polar surface area (TPSA) is 119 Å². The lowest BCUT2D eigenvalue weighted by Gasteiger charge is -2.21. The molecule has 0 saturated carbocycles. The molecule has 0 bridgehead atoms. The van der Waals surface area contributed by atoms with Crippen LogP contribution < -0.4 is 14.2 Å². The third-order valence-corrected chi connectivity index (χ3v) is 3.29. The summed E-state index contributed by atoms with van der Waals surface area (Å²) in [6.45, 7) is 1.47. The zero-order valence-corrected chi connectivity index (χ0v) is 13.3. The van der Waals surface area contributed by atoms with Crippen molar-refractivity contribution in [3.05, 3.63) is 17.7 Å². The average molecular weight is 332 g/mol. The molecule has 1 aliphatic rings. The van der Waals surface area contributed by atoms with Gasteiger partial charge >= 0.3 is 5.97 Å². The molecular formula is C16H16N2O6. The van der Waals surface area contributed by atoms with Gasteiger partial charge in [0.25, 0.3) is 0 Å². The smallest absolute Gasteiger partial charge is 0.338 e. The van der Waals surface area contributed by atoms with Crippen LogP contribution in [0.4, 0.5) is 0 Å². The SMILES string of the molecule is COc1cc(C(=O)OCC(=O)C(C#N)C(C)=N)cc2c1OCCO2. The number of Topliss-reactive ketones (excluding diaryl/α,β-unsaturated/α-hetero) is 1. The van der Waals surface area contributed by atoms with E-state index >= 15 is 0 Å². The molecule has 126 valence electrons. The molecule has 8 heteroatoms. The molecule has 1 N–H and O–H groups in total. The van der Waals surface area contributed by atoms with Gasteiger partial charge in [0.05, 0.1) is 18.7 Å². The molecule has 8 nitrogen and oxygen atoms in total. The Balaban J connectivity index is 2.12. The standard InChI is InChI=1S/C16H16N2O6/c1-9(18)11(7-17)12(19)8-24-16(20)10-5-13(21-2)15-14(6-10)22-3-4-23-15/h5-6,11,18H,3-4,8H2,1-2H3. The molecule has 24 heavy (non-hydrogen) atoms. The Morgan fingerprint density at radius 3 is 2.71 bits per heavy atom. The third kappa shape index (κ3) is 3.63. The maximum absolute atomic E-state index is 12.1. The summed E-state index contributed by atoms with van der Waals surface area (Å²) < 4.78 is 20.9. The van der Waals surface area contributed by atoms with Crippen LogP contribution in [0.2, 0.25) is 0 Å². The predicted octanol–water partition coefficient (Wildman–Crippen LogP) is 1.37. The Kier molecular flexibility index (Phi) is 5.37. The molecule has 0 amide bonds. The highest BCUT2D eigenvalue weighted by Gasteiger charge is 2.24. The lowest BCUT2D eigenvalue weighted by molar-refractivity contribution is -0.122. The van der Waals surface area contributed by atoms with E-state index in [-0.39, 0.29) is 11.3 Å². The van der Waals surface area contributed by atoms with Crippen LogP contribution in [0.5, 0.6) is 17.2 Å². The van der Waals surface area contributed by atoms with Gasteiger partial charge in [-0.1, -0.05) is 0 Å². The number of carbonyl (C=O) groups excluding carboxylic acids is 2. The Bertz CT molecular complexity index is 705. The van der Waals surface area contributed by atoms with Crippen LogP contribution in [0.25, 0.3) is 0 Å². The van der Waals surface area contributed by atoms with E-state index in [0.29, 0.717) is 30.5 Å². The fraction of sp³-hybridized carbons (Fsp3) is 0.375. The van der Waals surface area contributed by atoms with Gasteiger partial charge in [0.1, 0.15) is 19.1 Å². The van der Waals surface area contributed by atoms with Gasteiger partial charge in [-0.05, 0) is 19.1 Å². The van der Waals surface area contributed by atoms with Crippen molar-refractivity contribution >= 4 is 17.5 Å². The number of benzene rings is 1. The van der Waals surface area contributed by atoms with E-state index in [1.165, 1.54) is 26.2 Å². The van der Waals surface area contributed by atoms with Crippen LogP contribution in [0.3, 0.4) is 0 Å². The summed E-state index contributed by atoms with van der Waals surface area (Å²) in [7, 11) is 1.43. The molecule has 0 aliphatic carbocycles. The number of nitrogens with zero attached hydrogens (tertiary/aromatic N) is 1. The number of ketones is 1. The Morgan fingerprint density at radius 1 is 1.38 bits per heavy atom. The van der Waals surface area contributed by atoms with E-state index in [4.69, 9.17) is 29.6 Å². The highest BCUT2D eigenvalue weighted by Crippen LogP contribution is 2.40. The lowest BCUT2D eigenvalue weighted by atomic mass is 10.0. The summed E-state index contributed by atoms with van der Waals surface area (Å²) in [5, 5.41) is 16.2. The van der Waals surface area contributed by atoms with Crippen molar-refractivity contribution < 1.29 is 28.5 Å². The Morgan fingerprint density at radius 2 is 2.08 bits per heavy atom. The minimum atomic E-state index is -1.22. The minimum Gasteiger partial charge on any atom is -0.493 e. The largest absolute Gasteiger partial charge is 0.493 e. The van der Waals surface area contributed by atoms with Crippen LogP contribution in [-0.4, -0.2) is 44.4 Å². The van der Waals surface area contributed by atoms with Crippen molar-refractivity contribution in [3.63, 3.8) is 0 Å². The van der Waals surface area contributed by atoms with Crippen LogP contribution in [0.15, 0.2) is 12.1 Å². The number of hydrogen-bond acceptors (Lipinski definition) is 8. The van der Waals surface area contributed by atoms with Gasteiger partial charge in [-0.25, -0.2) is 4.79 Å². The fourth-order valence-corrected chi connectivity index (χ4v) is 2.10. The molecular weight excluding hydrogens is 316 g/mol. The summed E-state index contributed by atoms with van der Waals surface area (Å²) in [6.07, 6.45) is 0. The van der Waals surface area contributed by atoms with Crippen molar-refractivity contribution in [2.45, 2.75) is 6.92 Å². The molecule has 1 atom stereocenters. The molecule has 0 spiro atoms. The number of methoxy groups -OCH3 is 1. The Hall–Kier alpha value is -3.08. The maximum Gasteiger partial charge on any atom is 0.338 e. The molecule has 0 radical (unpaired) electrons. The number of ether oxygens (including phenoxy) is 4. The third-order valence-electron chi connectivity index (χ3n) is 3.29. The van der Waals surface area contributed by atoms with Gasteiger partial charge in [-0.3, -0.25) is 4.79 Å². The second kappa shape index (κ2) is 7.46. The second-order valence-electron chi connectivity index (χ2n) is 4.99. The molecule has 0 saturated heterocycles. The summed E-state index contributed by atoms with van der Waals surface area (Å²) in [6, 6.07) is 4.56.